The van der Waals surface area contributed by atoms with Crippen LogP contribution in [0, 0.1) is 6.92 Å². The van der Waals surface area contributed by atoms with Crippen LogP contribution in [0.2, 0.25) is 0 Å². The summed E-state index contributed by atoms with van der Waals surface area (Å²) < 4.78 is 5.43. The zero-order chi connectivity index (χ0) is 17.8. The summed E-state index contributed by atoms with van der Waals surface area (Å²) >= 11 is 0. The summed E-state index contributed by atoms with van der Waals surface area (Å²) in [5, 5.41) is 10.2. The fourth-order valence-electron chi connectivity index (χ4n) is 3.14. The molecule has 4 N–H and O–H groups in total. The van der Waals surface area contributed by atoms with Crippen LogP contribution in [0.1, 0.15) is 34.9 Å². The van der Waals surface area contributed by atoms with Crippen molar-refractivity contribution in [2.24, 2.45) is 5.73 Å². The van der Waals surface area contributed by atoms with E-state index in [0.717, 1.165) is 30.8 Å². The number of nitrogens with one attached hydrogen (secondary N) is 2. The lowest BCUT2D eigenvalue weighted by atomic mass is 9.99. The molecule has 0 saturated carbocycles. The van der Waals surface area contributed by atoms with E-state index in [1.165, 1.54) is 0 Å². The molecule has 1 aliphatic rings. The molecule has 1 aliphatic heterocycles. The summed E-state index contributed by atoms with van der Waals surface area (Å²) in [6, 6.07) is 7.04. The summed E-state index contributed by atoms with van der Waals surface area (Å²) in [5.74, 6) is 1.14. The van der Waals surface area contributed by atoms with Gasteiger partial charge in [0.2, 0.25) is 5.89 Å². The van der Waals surface area contributed by atoms with Crippen LogP contribution in [0.25, 0.3) is 0 Å². The highest BCUT2D eigenvalue weighted by atomic mass is 35.5. The van der Waals surface area contributed by atoms with Gasteiger partial charge in [0.05, 0.1) is 18.5 Å². The van der Waals surface area contributed by atoms with Crippen LogP contribution >= 0.6 is 12.4 Å². The third-order valence-electron chi connectivity index (χ3n) is 4.55. The van der Waals surface area contributed by atoms with Crippen molar-refractivity contribution < 1.29 is 9.32 Å². The van der Waals surface area contributed by atoms with Crippen molar-refractivity contribution in [3.63, 3.8) is 0 Å². The summed E-state index contributed by atoms with van der Waals surface area (Å²) in [6.07, 6.45) is 0.394. The Labute approximate surface area is 158 Å². The number of piperazine rings is 1. The van der Waals surface area contributed by atoms with Gasteiger partial charge in [-0.15, -0.1) is 12.4 Å². The van der Waals surface area contributed by atoms with E-state index in [2.05, 4.69) is 25.7 Å². The maximum Gasteiger partial charge on any atom is 0.312 e. The van der Waals surface area contributed by atoms with Crippen molar-refractivity contribution in [3.05, 3.63) is 47.1 Å². The summed E-state index contributed by atoms with van der Waals surface area (Å²) in [5.41, 5.74) is 7.39. The Balaban J connectivity index is 0.00000243. The van der Waals surface area contributed by atoms with E-state index in [1.807, 2.05) is 38.2 Å². The molecule has 2 atom stereocenters. The van der Waals surface area contributed by atoms with E-state index in [9.17, 15) is 4.79 Å². The molecule has 2 heterocycles. The first-order chi connectivity index (χ1) is 12.0. The third kappa shape index (κ3) is 4.72. The highest BCUT2D eigenvalue weighted by Gasteiger charge is 2.26. The second kappa shape index (κ2) is 8.98. The molecular weight excluding hydrogens is 356 g/mol. The predicted octanol–water partition coefficient (Wildman–Crippen LogP) is 1.33. The molecule has 1 saturated heterocycles. The molecule has 1 aromatic heterocycles. The minimum Gasteiger partial charge on any atom is -0.352 e. The average Bonchev–Trinajstić information content (AvgIpc) is 3.03. The molecule has 9 heteroatoms. The Morgan fingerprint density at radius 1 is 1.50 bits per heavy atom. The monoisotopic (exact) mass is 380 g/mol. The lowest BCUT2D eigenvalue weighted by Gasteiger charge is -2.30. The van der Waals surface area contributed by atoms with Crippen molar-refractivity contribution in [1.82, 2.24) is 25.7 Å². The molecule has 3 rings (SSSR count). The second-order valence-corrected chi connectivity index (χ2v) is 6.37. The number of benzene rings is 1. The molecule has 2 unspecified atom stereocenters. The fraction of sp³-hybridized carbons (Fsp3) is 0.471. The maximum atomic E-state index is 11.4. The van der Waals surface area contributed by atoms with Gasteiger partial charge in [0.1, 0.15) is 0 Å². The van der Waals surface area contributed by atoms with Crippen LogP contribution < -0.4 is 16.4 Å². The largest absolute Gasteiger partial charge is 0.352 e. The van der Waals surface area contributed by atoms with Gasteiger partial charge in [0.25, 0.3) is 0 Å². The molecule has 142 valence electrons. The lowest BCUT2D eigenvalue weighted by Crippen LogP contribution is -2.44. The van der Waals surface area contributed by atoms with E-state index in [-0.39, 0.29) is 24.5 Å². The van der Waals surface area contributed by atoms with Gasteiger partial charge in [-0.05, 0) is 25.1 Å². The predicted molar refractivity (Wildman–Crippen MR) is 100 cm³/mol. The molecule has 0 radical (unpaired) electrons. The summed E-state index contributed by atoms with van der Waals surface area (Å²) in [4.78, 5) is 18.1. The number of urea groups is 1. The third-order valence-corrected chi connectivity index (χ3v) is 4.55. The van der Waals surface area contributed by atoms with Crippen LogP contribution in [0.15, 0.2) is 28.8 Å². The Hall–Kier alpha value is -2.16. The Morgan fingerprint density at radius 2 is 2.27 bits per heavy atom. The number of aromatic nitrogens is 2. The van der Waals surface area contributed by atoms with Gasteiger partial charge in [-0.2, -0.15) is 4.98 Å². The number of carbonyl (C=O) groups is 1. The molecule has 26 heavy (non-hydrogen) atoms. The number of hydrogen-bond acceptors (Lipinski definition) is 6. The van der Waals surface area contributed by atoms with Crippen LogP contribution in [-0.4, -0.2) is 47.8 Å². The first-order valence-corrected chi connectivity index (χ1v) is 8.39. The number of nitrogens with two attached hydrogens (primary N) is 1. The van der Waals surface area contributed by atoms with E-state index in [1.54, 1.807) is 0 Å². The SMILES string of the molecule is Cc1ccccc1C(Cc1nc(C2CNCCN2C)no1)NC(N)=O.Cl. The van der Waals surface area contributed by atoms with Gasteiger partial charge >= 0.3 is 6.03 Å². The number of carbonyl (C=O) groups excluding carboxylic acids is 1. The zero-order valence-electron chi connectivity index (χ0n) is 14.9. The van der Waals surface area contributed by atoms with Crippen LogP contribution in [0.3, 0.4) is 0 Å². The molecule has 0 spiro atoms. The van der Waals surface area contributed by atoms with Crippen LogP contribution in [0.5, 0.6) is 0 Å². The van der Waals surface area contributed by atoms with Crippen LogP contribution in [-0.2, 0) is 6.42 Å². The van der Waals surface area contributed by atoms with Crippen LogP contribution in [0.4, 0.5) is 4.79 Å². The fourth-order valence-corrected chi connectivity index (χ4v) is 3.14. The van der Waals surface area contributed by atoms with Gasteiger partial charge in [-0.1, -0.05) is 29.4 Å². The minimum absolute atomic E-state index is 0. The number of rotatable bonds is 5. The minimum atomic E-state index is -0.579. The summed E-state index contributed by atoms with van der Waals surface area (Å²) in [7, 11) is 2.05. The lowest BCUT2D eigenvalue weighted by molar-refractivity contribution is 0.190. The molecule has 2 aromatic rings. The Kier molecular flexibility index (Phi) is 6.96. The smallest absolute Gasteiger partial charge is 0.312 e. The van der Waals surface area contributed by atoms with E-state index < -0.39 is 6.03 Å². The number of likely N-dealkylation sites (N-methyl/N-ethyl adjacent to an activating group) is 1. The van der Waals surface area contributed by atoms with Crippen molar-refractivity contribution in [1.29, 1.82) is 0 Å². The van der Waals surface area contributed by atoms with Crippen molar-refractivity contribution in [3.8, 4) is 0 Å². The topological polar surface area (TPSA) is 109 Å². The average molecular weight is 381 g/mol. The number of hydrogen-bond donors (Lipinski definition) is 3. The normalized spacial score (nSPS) is 18.8. The van der Waals surface area contributed by atoms with E-state index in [0.29, 0.717) is 18.1 Å². The van der Waals surface area contributed by atoms with Gasteiger partial charge in [0, 0.05) is 19.6 Å². The van der Waals surface area contributed by atoms with Gasteiger partial charge < -0.3 is 20.9 Å². The van der Waals surface area contributed by atoms with E-state index in [4.69, 9.17) is 10.3 Å². The molecular formula is C17H25ClN6O2. The second-order valence-electron chi connectivity index (χ2n) is 6.37. The maximum absolute atomic E-state index is 11.4. The quantitative estimate of drug-likeness (QED) is 0.721. The molecule has 2 amide bonds. The highest BCUT2D eigenvalue weighted by molar-refractivity contribution is 5.85. The Bertz CT molecular complexity index is 738. The van der Waals surface area contributed by atoms with Gasteiger partial charge in [-0.25, -0.2) is 4.79 Å². The number of primary amides is 1. The first-order valence-electron chi connectivity index (χ1n) is 8.39. The molecule has 0 bridgehead atoms. The number of aryl methyl sites for hydroxylation is 1. The standard InChI is InChI=1S/C17H24N6O2.ClH/c1-11-5-3-4-6-12(11)13(20-17(18)24)9-15-21-16(22-25-15)14-10-19-7-8-23(14)2;/h3-6,13-14,19H,7-10H2,1-2H3,(H3,18,20,24);1H. The first kappa shape index (κ1) is 20.2. The van der Waals surface area contributed by atoms with Crippen molar-refractivity contribution in [2.75, 3.05) is 26.7 Å². The van der Waals surface area contributed by atoms with E-state index >= 15 is 0 Å². The highest BCUT2D eigenvalue weighted by Crippen LogP contribution is 2.23. The molecule has 0 aliphatic carbocycles. The van der Waals surface area contributed by atoms with Crippen molar-refractivity contribution >= 4 is 18.4 Å². The molecule has 1 aromatic carbocycles. The van der Waals surface area contributed by atoms with Crippen molar-refractivity contribution in [2.45, 2.75) is 25.4 Å². The molecule has 1 fully saturated rings. The molecule has 8 nitrogen and oxygen atoms in total. The number of amides is 2. The Morgan fingerprint density at radius 3 is 2.96 bits per heavy atom. The zero-order valence-corrected chi connectivity index (χ0v) is 15.8. The van der Waals surface area contributed by atoms with Gasteiger partial charge in [0.15, 0.2) is 5.82 Å². The summed E-state index contributed by atoms with van der Waals surface area (Å²) in [6.45, 7) is 4.67. The number of halogens is 1. The van der Waals surface area contributed by atoms with Gasteiger partial charge in [-0.3, -0.25) is 4.90 Å². The number of nitrogens with zero attached hydrogens (tertiary/aromatic N) is 3.